The Morgan fingerprint density at radius 3 is 2.41 bits per heavy atom. The molecule has 2 saturated heterocycles. The summed E-state index contributed by atoms with van der Waals surface area (Å²) in [5.41, 5.74) is 4.31. The fourth-order valence-corrected chi connectivity index (χ4v) is 5.29. The van der Waals surface area contributed by atoms with Gasteiger partial charge in [-0.15, -0.1) is 0 Å². The van der Waals surface area contributed by atoms with Crippen molar-refractivity contribution in [3.05, 3.63) is 52.4 Å². The Morgan fingerprint density at radius 2 is 1.76 bits per heavy atom. The third-order valence-electron chi connectivity index (χ3n) is 7.22. The summed E-state index contributed by atoms with van der Waals surface area (Å²) in [5.74, 6) is 1.15. The summed E-state index contributed by atoms with van der Waals surface area (Å²) in [7, 11) is 0. The highest BCUT2D eigenvalue weighted by Crippen LogP contribution is 2.45. The summed E-state index contributed by atoms with van der Waals surface area (Å²) < 4.78 is 5.33. The Hall–Kier alpha value is -2.14. The van der Waals surface area contributed by atoms with E-state index in [0.29, 0.717) is 12.5 Å². The Bertz CT molecular complexity index is 849. The topological polar surface area (TPSA) is 49.6 Å². The quantitative estimate of drug-likeness (QED) is 0.770. The molecular formula is C24H33N3O2. The lowest BCUT2D eigenvalue weighted by Crippen LogP contribution is -2.60. The van der Waals surface area contributed by atoms with E-state index in [0.717, 1.165) is 62.3 Å². The number of piperidine rings is 2. The maximum absolute atomic E-state index is 13.8. The predicted molar refractivity (Wildman–Crippen MR) is 113 cm³/mol. The van der Waals surface area contributed by atoms with Crippen molar-refractivity contribution in [2.75, 3.05) is 13.1 Å². The van der Waals surface area contributed by atoms with Gasteiger partial charge in [0.1, 0.15) is 5.76 Å². The lowest BCUT2D eigenvalue weighted by molar-refractivity contribution is -0.156. The Labute approximate surface area is 174 Å². The van der Waals surface area contributed by atoms with Crippen LogP contribution in [-0.4, -0.2) is 40.0 Å². The smallest absolute Gasteiger partial charge is 0.230 e. The molecule has 5 nitrogen and oxygen atoms in total. The van der Waals surface area contributed by atoms with E-state index in [1.807, 2.05) is 13.8 Å². The van der Waals surface area contributed by atoms with E-state index in [1.165, 1.54) is 11.1 Å². The van der Waals surface area contributed by atoms with E-state index in [-0.39, 0.29) is 11.5 Å². The molecule has 5 heteroatoms. The maximum Gasteiger partial charge on any atom is 0.230 e. The minimum Gasteiger partial charge on any atom is -0.361 e. The third-order valence-corrected chi connectivity index (χ3v) is 7.22. The molecule has 29 heavy (non-hydrogen) atoms. The highest BCUT2D eigenvalue weighted by molar-refractivity contribution is 5.84. The van der Waals surface area contributed by atoms with Crippen molar-refractivity contribution in [1.82, 2.24) is 15.0 Å². The second-order valence-electron chi connectivity index (χ2n) is 9.02. The van der Waals surface area contributed by atoms with Gasteiger partial charge in [0.15, 0.2) is 0 Å². The van der Waals surface area contributed by atoms with Gasteiger partial charge >= 0.3 is 0 Å². The van der Waals surface area contributed by atoms with E-state index in [2.05, 4.69) is 53.1 Å². The third kappa shape index (κ3) is 3.73. The number of amides is 1. The Balaban J connectivity index is 1.53. The molecular weight excluding hydrogens is 362 g/mol. The average molecular weight is 396 g/mol. The second kappa shape index (κ2) is 7.94. The first-order valence-electron chi connectivity index (χ1n) is 10.9. The number of aromatic nitrogens is 1. The molecule has 0 aliphatic carbocycles. The van der Waals surface area contributed by atoms with Gasteiger partial charge in [0, 0.05) is 24.7 Å². The molecule has 0 bridgehead atoms. The van der Waals surface area contributed by atoms with Crippen LogP contribution >= 0.6 is 0 Å². The first-order valence-corrected chi connectivity index (χ1v) is 10.9. The molecule has 2 fully saturated rings. The van der Waals surface area contributed by atoms with Crippen molar-refractivity contribution < 1.29 is 9.32 Å². The molecule has 1 spiro atoms. The van der Waals surface area contributed by atoms with Crippen LogP contribution in [0.1, 0.15) is 60.8 Å². The van der Waals surface area contributed by atoms with Crippen LogP contribution in [0.5, 0.6) is 0 Å². The van der Waals surface area contributed by atoms with Crippen LogP contribution in [0.4, 0.5) is 0 Å². The molecule has 2 aromatic rings. The van der Waals surface area contributed by atoms with Crippen molar-refractivity contribution in [2.24, 2.45) is 5.41 Å². The standard InChI is InChI=1S/C24H33N3O2/c1-17-7-9-21(10-8-17)15-26-13-5-11-24(20(26)4)12-6-14-27(23(24)28)16-22-18(2)25-29-19(22)3/h7-10,20H,5-6,11-16H2,1-4H3/t20-,24-/m1/s1. The normalized spacial score (nSPS) is 25.7. The van der Waals surface area contributed by atoms with Gasteiger partial charge in [-0.2, -0.15) is 0 Å². The van der Waals surface area contributed by atoms with Crippen LogP contribution in [0.2, 0.25) is 0 Å². The molecule has 3 heterocycles. The Kier molecular flexibility index (Phi) is 5.52. The molecule has 0 N–H and O–H groups in total. The van der Waals surface area contributed by atoms with Crippen molar-refractivity contribution in [3.63, 3.8) is 0 Å². The van der Waals surface area contributed by atoms with E-state index in [1.54, 1.807) is 0 Å². The summed E-state index contributed by atoms with van der Waals surface area (Å²) in [6, 6.07) is 9.04. The largest absolute Gasteiger partial charge is 0.361 e. The highest BCUT2D eigenvalue weighted by atomic mass is 16.5. The zero-order valence-electron chi connectivity index (χ0n) is 18.2. The van der Waals surface area contributed by atoms with Gasteiger partial charge in [-0.05, 0) is 65.5 Å². The van der Waals surface area contributed by atoms with Crippen LogP contribution in [0.25, 0.3) is 0 Å². The molecule has 1 aromatic heterocycles. The van der Waals surface area contributed by atoms with E-state index in [9.17, 15) is 4.79 Å². The van der Waals surface area contributed by atoms with Crippen molar-refractivity contribution in [3.8, 4) is 0 Å². The number of carbonyl (C=O) groups is 1. The lowest BCUT2D eigenvalue weighted by atomic mass is 9.67. The molecule has 0 radical (unpaired) electrons. The minimum absolute atomic E-state index is 0.248. The second-order valence-corrected chi connectivity index (χ2v) is 9.02. The van der Waals surface area contributed by atoms with Crippen LogP contribution in [0.3, 0.4) is 0 Å². The highest BCUT2D eigenvalue weighted by Gasteiger charge is 2.51. The summed E-state index contributed by atoms with van der Waals surface area (Å²) in [6.07, 6.45) is 4.14. The fourth-order valence-electron chi connectivity index (χ4n) is 5.29. The number of carbonyl (C=O) groups excluding carboxylic acids is 1. The van der Waals surface area contributed by atoms with Crippen LogP contribution in [-0.2, 0) is 17.9 Å². The number of benzene rings is 1. The Morgan fingerprint density at radius 1 is 1.07 bits per heavy atom. The van der Waals surface area contributed by atoms with E-state index in [4.69, 9.17) is 4.52 Å². The van der Waals surface area contributed by atoms with E-state index < -0.39 is 0 Å². The molecule has 0 unspecified atom stereocenters. The van der Waals surface area contributed by atoms with Crippen LogP contribution in [0.15, 0.2) is 28.8 Å². The number of hydrogen-bond acceptors (Lipinski definition) is 4. The van der Waals surface area contributed by atoms with Crippen LogP contribution in [0, 0.1) is 26.2 Å². The number of likely N-dealkylation sites (tertiary alicyclic amines) is 2. The molecule has 0 saturated carbocycles. The molecule has 2 aliphatic heterocycles. The van der Waals surface area contributed by atoms with Gasteiger partial charge in [0.05, 0.1) is 17.7 Å². The minimum atomic E-state index is -0.264. The van der Waals surface area contributed by atoms with Crippen molar-refractivity contribution in [2.45, 2.75) is 72.5 Å². The molecule has 2 atom stereocenters. The number of rotatable bonds is 4. The van der Waals surface area contributed by atoms with Gasteiger partial charge < -0.3 is 9.42 Å². The SMILES string of the molecule is Cc1ccc(CN2CCC[C@@]3(CCCN(Cc4c(C)noc4C)C3=O)[C@H]2C)cc1. The molecule has 2 aliphatic rings. The summed E-state index contributed by atoms with van der Waals surface area (Å²) in [5, 5.41) is 4.07. The van der Waals surface area contributed by atoms with Crippen LogP contribution < -0.4 is 0 Å². The molecule has 1 aromatic carbocycles. The monoisotopic (exact) mass is 395 g/mol. The fraction of sp³-hybridized carbons (Fsp3) is 0.583. The van der Waals surface area contributed by atoms with Crippen molar-refractivity contribution in [1.29, 1.82) is 0 Å². The number of aryl methyl sites for hydroxylation is 3. The molecule has 4 rings (SSSR count). The first-order chi connectivity index (χ1) is 13.9. The summed E-state index contributed by atoms with van der Waals surface area (Å²) in [6.45, 7) is 11.7. The summed E-state index contributed by atoms with van der Waals surface area (Å²) in [4.78, 5) is 18.3. The number of nitrogens with zero attached hydrogens (tertiary/aromatic N) is 3. The molecule has 156 valence electrons. The lowest BCUT2D eigenvalue weighted by Gasteiger charge is -2.52. The van der Waals surface area contributed by atoms with Gasteiger partial charge in [-0.25, -0.2) is 0 Å². The maximum atomic E-state index is 13.8. The van der Waals surface area contributed by atoms with Gasteiger partial charge in [-0.3, -0.25) is 9.69 Å². The first kappa shape index (κ1) is 20.1. The van der Waals surface area contributed by atoms with E-state index >= 15 is 0 Å². The predicted octanol–water partition coefficient (Wildman–Crippen LogP) is 4.39. The zero-order valence-corrected chi connectivity index (χ0v) is 18.2. The van der Waals surface area contributed by atoms with Gasteiger partial charge in [0.25, 0.3) is 0 Å². The van der Waals surface area contributed by atoms with Gasteiger partial charge in [0.2, 0.25) is 5.91 Å². The summed E-state index contributed by atoms with van der Waals surface area (Å²) >= 11 is 0. The molecule has 1 amide bonds. The zero-order chi connectivity index (χ0) is 20.6. The number of hydrogen-bond donors (Lipinski definition) is 0. The average Bonchev–Trinajstić information content (AvgIpc) is 3.02. The van der Waals surface area contributed by atoms with Crippen molar-refractivity contribution >= 4 is 5.91 Å². The van der Waals surface area contributed by atoms with Gasteiger partial charge in [-0.1, -0.05) is 35.0 Å².